The molecule has 2 heteroatoms. The number of thioether (sulfide) groups is 1. The lowest BCUT2D eigenvalue weighted by molar-refractivity contribution is 0.466. The predicted molar refractivity (Wildman–Crippen MR) is 82.4 cm³/mol. The first kappa shape index (κ1) is 14.0. The molecule has 100 valence electrons. The van der Waals surface area contributed by atoms with Crippen LogP contribution in [0.4, 0.5) is 0 Å². The second-order valence-corrected chi connectivity index (χ2v) is 6.64. The first-order valence-electron chi connectivity index (χ1n) is 6.98. The van der Waals surface area contributed by atoms with Gasteiger partial charge in [0.25, 0.3) is 0 Å². The van der Waals surface area contributed by atoms with Crippen LogP contribution in [0.1, 0.15) is 48.9 Å². The molecule has 0 spiro atoms. The first-order chi connectivity index (χ1) is 8.61. The summed E-state index contributed by atoms with van der Waals surface area (Å²) in [6.45, 7) is 6.70. The van der Waals surface area contributed by atoms with E-state index >= 15 is 0 Å². The Morgan fingerprint density at radius 3 is 2.78 bits per heavy atom. The monoisotopic (exact) mass is 263 g/mol. The second-order valence-electron chi connectivity index (χ2n) is 5.56. The number of hydrogen-bond acceptors (Lipinski definition) is 2. The molecule has 0 saturated heterocycles. The normalized spacial score (nSPS) is 25.3. The van der Waals surface area contributed by atoms with E-state index in [0.717, 1.165) is 5.25 Å². The van der Waals surface area contributed by atoms with Crippen molar-refractivity contribution in [2.45, 2.75) is 57.4 Å². The Morgan fingerprint density at radius 1 is 1.28 bits per heavy atom. The summed E-state index contributed by atoms with van der Waals surface area (Å²) in [4.78, 5) is 0. The highest BCUT2D eigenvalue weighted by Gasteiger charge is 2.27. The summed E-state index contributed by atoms with van der Waals surface area (Å²) in [5, 5.41) is 4.65. The van der Waals surface area contributed by atoms with Gasteiger partial charge in [-0.2, -0.15) is 11.8 Å². The van der Waals surface area contributed by atoms with Crippen molar-refractivity contribution in [2.75, 3.05) is 6.26 Å². The molecule has 0 amide bonds. The van der Waals surface area contributed by atoms with Crippen LogP contribution in [0.3, 0.4) is 0 Å². The third-order valence-corrected chi connectivity index (χ3v) is 5.29. The van der Waals surface area contributed by atoms with Crippen LogP contribution in [-0.2, 0) is 0 Å². The van der Waals surface area contributed by atoms with Crippen molar-refractivity contribution in [3.05, 3.63) is 34.9 Å². The fourth-order valence-electron chi connectivity index (χ4n) is 3.04. The SMILES string of the molecule is CSC1CCCC1NC(C)c1cc(C)ccc1C. The first-order valence-corrected chi connectivity index (χ1v) is 8.26. The molecule has 1 aliphatic rings. The molecule has 1 N–H and O–H groups in total. The van der Waals surface area contributed by atoms with Crippen LogP contribution >= 0.6 is 11.8 Å². The van der Waals surface area contributed by atoms with Gasteiger partial charge in [0.2, 0.25) is 0 Å². The average Bonchev–Trinajstić information content (AvgIpc) is 2.79. The third-order valence-electron chi connectivity index (χ3n) is 4.12. The Hall–Kier alpha value is -0.470. The standard InChI is InChI=1S/C16H25NS/c1-11-8-9-12(2)14(10-11)13(3)17-15-6-5-7-16(15)18-4/h8-10,13,15-17H,5-7H2,1-4H3. The van der Waals surface area contributed by atoms with Gasteiger partial charge < -0.3 is 5.32 Å². The van der Waals surface area contributed by atoms with Crippen molar-refractivity contribution in [2.24, 2.45) is 0 Å². The summed E-state index contributed by atoms with van der Waals surface area (Å²) in [6.07, 6.45) is 6.33. The molecule has 1 nitrogen and oxygen atoms in total. The zero-order valence-electron chi connectivity index (χ0n) is 12.0. The molecule has 3 unspecified atom stereocenters. The minimum absolute atomic E-state index is 0.461. The molecule has 0 heterocycles. The Morgan fingerprint density at radius 2 is 2.06 bits per heavy atom. The van der Waals surface area contributed by atoms with Gasteiger partial charge in [-0.15, -0.1) is 0 Å². The van der Waals surface area contributed by atoms with Crippen LogP contribution in [0.5, 0.6) is 0 Å². The number of aryl methyl sites for hydroxylation is 2. The maximum absolute atomic E-state index is 3.84. The molecule has 3 atom stereocenters. The van der Waals surface area contributed by atoms with E-state index in [9.17, 15) is 0 Å². The summed E-state index contributed by atoms with van der Waals surface area (Å²) >= 11 is 2.02. The van der Waals surface area contributed by atoms with Gasteiger partial charge in [-0.25, -0.2) is 0 Å². The summed E-state index contributed by atoms with van der Waals surface area (Å²) < 4.78 is 0. The molecule has 18 heavy (non-hydrogen) atoms. The quantitative estimate of drug-likeness (QED) is 0.872. The lowest BCUT2D eigenvalue weighted by Crippen LogP contribution is -2.36. The lowest BCUT2D eigenvalue weighted by atomic mass is 9.99. The van der Waals surface area contributed by atoms with Gasteiger partial charge >= 0.3 is 0 Å². The van der Waals surface area contributed by atoms with E-state index in [1.54, 1.807) is 0 Å². The minimum atomic E-state index is 0.461. The van der Waals surface area contributed by atoms with E-state index in [4.69, 9.17) is 0 Å². The van der Waals surface area contributed by atoms with E-state index in [-0.39, 0.29) is 0 Å². The summed E-state index contributed by atoms with van der Waals surface area (Å²) in [5.41, 5.74) is 4.22. The molecule has 1 saturated carbocycles. The Labute approximate surface area is 116 Å². The third kappa shape index (κ3) is 3.10. The maximum atomic E-state index is 3.84. The highest BCUT2D eigenvalue weighted by Crippen LogP contribution is 2.30. The van der Waals surface area contributed by atoms with Crippen molar-refractivity contribution in [1.29, 1.82) is 0 Å². The molecule has 1 aliphatic carbocycles. The predicted octanol–water partition coefficient (Wildman–Crippen LogP) is 4.24. The summed E-state index contributed by atoms with van der Waals surface area (Å²) in [7, 11) is 0. The summed E-state index contributed by atoms with van der Waals surface area (Å²) in [6, 6.07) is 7.92. The van der Waals surface area contributed by atoms with Crippen molar-refractivity contribution in [3.63, 3.8) is 0 Å². The maximum Gasteiger partial charge on any atom is 0.0297 e. The largest absolute Gasteiger partial charge is 0.306 e. The summed E-state index contributed by atoms with van der Waals surface area (Å²) in [5.74, 6) is 0. The smallest absolute Gasteiger partial charge is 0.0297 e. The van der Waals surface area contributed by atoms with Gasteiger partial charge in [-0.1, -0.05) is 30.2 Å². The van der Waals surface area contributed by atoms with E-state index in [1.165, 1.54) is 36.0 Å². The van der Waals surface area contributed by atoms with Crippen LogP contribution in [-0.4, -0.2) is 17.5 Å². The zero-order valence-corrected chi connectivity index (χ0v) is 12.8. The van der Waals surface area contributed by atoms with Crippen LogP contribution in [0, 0.1) is 13.8 Å². The van der Waals surface area contributed by atoms with Crippen molar-refractivity contribution < 1.29 is 0 Å². The average molecular weight is 263 g/mol. The van der Waals surface area contributed by atoms with Gasteiger partial charge in [0.1, 0.15) is 0 Å². The van der Waals surface area contributed by atoms with Crippen LogP contribution in [0.15, 0.2) is 18.2 Å². The van der Waals surface area contributed by atoms with Crippen LogP contribution < -0.4 is 5.32 Å². The molecule has 0 bridgehead atoms. The topological polar surface area (TPSA) is 12.0 Å². The highest BCUT2D eigenvalue weighted by molar-refractivity contribution is 7.99. The fourth-order valence-corrected chi connectivity index (χ4v) is 3.98. The minimum Gasteiger partial charge on any atom is -0.306 e. The van der Waals surface area contributed by atoms with Gasteiger partial charge in [0, 0.05) is 17.3 Å². The molecular weight excluding hydrogens is 238 g/mol. The Kier molecular flexibility index (Phi) is 4.74. The van der Waals surface area contributed by atoms with Crippen LogP contribution in [0.25, 0.3) is 0 Å². The molecular formula is C16H25NS. The second kappa shape index (κ2) is 6.12. The van der Waals surface area contributed by atoms with Crippen molar-refractivity contribution in [1.82, 2.24) is 5.32 Å². The lowest BCUT2D eigenvalue weighted by Gasteiger charge is -2.25. The van der Waals surface area contributed by atoms with Crippen molar-refractivity contribution >= 4 is 11.8 Å². The van der Waals surface area contributed by atoms with E-state index < -0.39 is 0 Å². The van der Waals surface area contributed by atoms with Gasteiger partial charge in [0.15, 0.2) is 0 Å². The highest BCUT2D eigenvalue weighted by atomic mass is 32.2. The molecule has 0 aliphatic heterocycles. The number of rotatable bonds is 4. The molecule has 0 aromatic heterocycles. The Bertz CT molecular complexity index is 402. The molecule has 1 aromatic carbocycles. The van der Waals surface area contributed by atoms with E-state index in [1.807, 2.05) is 11.8 Å². The molecule has 0 radical (unpaired) electrons. The van der Waals surface area contributed by atoms with Crippen molar-refractivity contribution in [3.8, 4) is 0 Å². The number of nitrogens with one attached hydrogen (secondary N) is 1. The van der Waals surface area contributed by atoms with E-state index in [2.05, 4.69) is 50.5 Å². The zero-order chi connectivity index (χ0) is 13.1. The van der Waals surface area contributed by atoms with Gasteiger partial charge in [-0.3, -0.25) is 0 Å². The number of benzene rings is 1. The molecule has 2 rings (SSSR count). The molecule has 1 aromatic rings. The number of hydrogen-bond donors (Lipinski definition) is 1. The molecule has 1 fully saturated rings. The van der Waals surface area contributed by atoms with Crippen LogP contribution in [0.2, 0.25) is 0 Å². The van der Waals surface area contributed by atoms with E-state index in [0.29, 0.717) is 12.1 Å². The Balaban J connectivity index is 2.07. The fraction of sp³-hybridized carbons (Fsp3) is 0.625. The van der Waals surface area contributed by atoms with Gasteiger partial charge in [0.05, 0.1) is 0 Å². The van der Waals surface area contributed by atoms with Gasteiger partial charge in [-0.05, 0) is 51.0 Å².